The number of nitrogens with zero attached hydrogens (tertiary/aromatic N) is 1. The van der Waals surface area contributed by atoms with Crippen LogP contribution in [0.4, 0.5) is 0 Å². The van der Waals surface area contributed by atoms with Crippen LogP contribution in [0.15, 0.2) is 59.6 Å². The highest BCUT2D eigenvalue weighted by Gasteiger charge is 2.33. The van der Waals surface area contributed by atoms with E-state index in [1.807, 2.05) is 24.4 Å². The van der Waals surface area contributed by atoms with Gasteiger partial charge in [-0.3, -0.25) is 4.79 Å². The van der Waals surface area contributed by atoms with Gasteiger partial charge in [-0.1, -0.05) is 18.2 Å². The summed E-state index contributed by atoms with van der Waals surface area (Å²) in [6.45, 7) is 1.14. The summed E-state index contributed by atoms with van der Waals surface area (Å²) in [4.78, 5) is 16.2. The third kappa shape index (κ3) is 4.60. The quantitative estimate of drug-likeness (QED) is 0.590. The van der Waals surface area contributed by atoms with Gasteiger partial charge in [0.2, 0.25) is 15.9 Å². The number of amides is 1. The van der Waals surface area contributed by atoms with E-state index in [0.717, 1.165) is 22.9 Å². The lowest BCUT2D eigenvalue weighted by Crippen LogP contribution is -2.45. The van der Waals surface area contributed by atoms with E-state index in [4.69, 9.17) is 4.74 Å². The van der Waals surface area contributed by atoms with E-state index in [0.29, 0.717) is 31.7 Å². The van der Waals surface area contributed by atoms with Crippen molar-refractivity contribution in [1.82, 2.24) is 14.6 Å². The molecular weight excluding hydrogens is 414 g/mol. The van der Waals surface area contributed by atoms with Crippen LogP contribution in [-0.2, 0) is 21.2 Å². The van der Waals surface area contributed by atoms with Gasteiger partial charge in [-0.25, -0.2) is 8.42 Å². The Hall–Kier alpha value is -2.84. The largest absolute Gasteiger partial charge is 0.497 e. The number of carbonyl (C=O) groups excluding carboxylic acids is 1. The number of piperidine rings is 1. The molecule has 31 heavy (non-hydrogen) atoms. The predicted molar refractivity (Wildman–Crippen MR) is 119 cm³/mol. The topological polar surface area (TPSA) is 91.5 Å². The lowest BCUT2D eigenvalue weighted by Gasteiger charge is -2.31. The lowest BCUT2D eigenvalue weighted by molar-refractivity contribution is -0.126. The summed E-state index contributed by atoms with van der Waals surface area (Å²) >= 11 is 0. The van der Waals surface area contributed by atoms with Crippen molar-refractivity contribution in [3.63, 3.8) is 0 Å². The highest BCUT2D eigenvalue weighted by atomic mass is 32.2. The van der Waals surface area contributed by atoms with Gasteiger partial charge in [0.05, 0.1) is 17.9 Å². The van der Waals surface area contributed by atoms with E-state index in [-0.39, 0.29) is 23.3 Å². The highest BCUT2D eigenvalue weighted by Crippen LogP contribution is 2.25. The third-order valence-electron chi connectivity index (χ3n) is 5.82. The molecule has 2 aromatic carbocycles. The minimum absolute atomic E-state index is 0.0885. The molecule has 0 bridgehead atoms. The Morgan fingerprint density at radius 1 is 1.19 bits per heavy atom. The van der Waals surface area contributed by atoms with Gasteiger partial charge in [-0.2, -0.15) is 4.31 Å². The first-order chi connectivity index (χ1) is 15.0. The molecule has 3 aromatic rings. The second-order valence-electron chi connectivity index (χ2n) is 7.78. The number of hydrogen-bond acceptors (Lipinski definition) is 4. The molecule has 2 heterocycles. The van der Waals surface area contributed by atoms with Crippen molar-refractivity contribution in [2.45, 2.75) is 24.2 Å². The maximum Gasteiger partial charge on any atom is 0.243 e. The normalized spacial score (nSPS) is 17.5. The van der Waals surface area contributed by atoms with Gasteiger partial charge in [0.1, 0.15) is 5.75 Å². The molecule has 1 amide bonds. The van der Waals surface area contributed by atoms with Crippen LogP contribution in [0, 0.1) is 5.92 Å². The maximum atomic E-state index is 13.0. The van der Waals surface area contributed by atoms with Crippen molar-refractivity contribution in [3.8, 4) is 5.75 Å². The molecule has 4 rings (SSSR count). The smallest absolute Gasteiger partial charge is 0.243 e. The van der Waals surface area contributed by atoms with Crippen LogP contribution in [0.3, 0.4) is 0 Å². The van der Waals surface area contributed by atoms with Gasteiger partial charge in [-0.15, -0.1) is 0 Å². The molecule has 1 aromatic heterocycles. The molecule has 1 atom stereocenters. The number of carbonyl (C=O) groups is 1. The summed E-state index contributed by atoms with van der Waals surface area (Å²) in [7, 11) is -2.10. The van der Waals surface area contributed by atoms with Gasteiger partial charge < -0.3 is 15.0 Å². The Kier molecular flexibility index (Phi) is 6.29. The molecule has 7 nitrogen and oxygen atoms in total. The number of H-pyrrole nitrogens is 1. The monoisotopic (exact) mass is 441 g/mol. The average molecular weight is 442 g/mol. The molecule has 2 N–H and O–H groups in total. The number of para-hydroxylation sites is 1. The summed E-state index contributed by atoms with van der Waals surface area (Å²) in [5.74, 6) is 0.171. The van der Waals surface area contributed by atoms with E-state index in [2.05, 4.69) is 16.4 Å². The molecule has 164 valence electrons. The van der Waals surface area contributed by atoms with Crippen LogP contribution in [0.1, 0.15) is 18.4 Å². The van der Waals surface area contributed by atoms with E-state index in [1.165, 1.54) is 11.4 Å². The zero-order chi connectivity index (χ0) is 21.8. The summed E-state index contributed by atoms with van der Waals surface area (Å²) in [6, 6.07) is 14.4. The molecule has 1 saturated heterocycles. The number of aromatic amines is 1. The number of methoxy groups -OCH3 is 1. The first-order valence-electron chi connectivity index (χ1n) is 10.5. The van der Waals surface area contributed by atoms with E-state index in [1.54, 1.807) is 24.3 Å². The number of benzene rings is 2. The van der Waals surface area contributed by atoms with E-state index in [9.17, 15) is 13.2 Å². The SMILES string of the molecule is COc1ccc(S(=O)(=O)N2CCC[C@@H](C(=O)NCCc3c[nH]c4ccccc34)C2)cc1. The van der Waals surface area contributed by atoms with Gasteiger partial charge in [0.15, 0.2) is 0 Å². The zero-order valence-electron chi connectivity index (χ0n) is 17.5. The molecule has 0 saturated carbocycles. The van der Waals surface area contributed by atoms with Gasteiger partial charge in [0.25, 0.3) is 0 Å². The van der Waals surface area contributed by atoms with Crippen LogP contribution in [0.25, 0.3) is 10.9 Å². The molecule has 8 heteroatoms. The molecule has 1 aliphatic heterocycles. The third-order valence-corrected chi connectivity index (χ3v) is 7.70. The first-order valence-corrected chi connectivity index (χ1v) is 11.9. The first kappa shape index (κ1) is 21.4. The Morgan fingerprint density at radius 3 is 2.74 bits per heavy atom. The van der Waals surface area contributed by atoms with Crippen molar-refractivity contribution >= 4 is 26.8 Å². The van der Waals surface area contributed by atoms with Crippen molar-refractivity contribution in [2.24, 2.45) is 5.92 Å². The summed E-state index contributed by atoms with van der Waals surface area (Å²) in [5, 5.41) is 4.15. The summed E-state index contributed by atoms with van der Waals surface area (Å²) < 4.78 is 32.5. The Morgan fingerprint density at radius 2 is 1.97 bits per heavy atom. The van der Waals surface area contributed by atoms with Gasteiger partial charge in [-0.05, 0) is 55.2 Å². The van der Waals surface area contributed by atoms with Crippen LogP contribution in [0.2, 0.25) is 0 Å². The predicted octanol–water partition coefficient (Wildman–Crippen LogP) is 2.94. The van der Waals surface area contributed by atoms with Crippen LogP contribution in [0.5, 0.6) is 5.75 Å². The number of fused-ring (bicyclic) bond motifs is 1. The molecule has 0 unspecified atom stereocenters. The van der Waals surface area contributed by atoms with Crippen molar-refractivity contribution in [1.29, 1.82) is 0 Å². The molecular formula is C23H27N3O4S. The molecule has 0 aliphatic carbocycles. The van der Waals surface area contributed by atoms with Crippen LogP contribution < -0.4 is 10.1 Å². The number of sulfonamides is 1. The fourth-order valence-corrected chi connectivity index (χ4v) is 5.60. The Bertz CT molecular complexity index is 1160. The van der Waals surface area contributed by atoms with Crippen molar-refractivity contribution in [2.75, 3.05) is 26.7 Å². The van der Waals surface area contributed by atoms with Crippen LogP contribution >= 0.6 is 0 Å². The number of nitrogens with one attached hydrogen (secondary N) is 2. The maximum absolute atomic E-state index is 13.0. The number of aromatic nitrogens is 1. The summed E-state index contributed by atoms with van der Waals surface area (Å²) in [6.07, 6.45) is 4.04. The number of ether oxygens (including phenoxy) is 1. The highest BCUT2D eigenvalue weighted by molar-refractivity contribution is 7.89. The second kappa shape index (κ2) is 9.11. The van der Waals surface area contributed by atoms with E-state index >= 15 is 0 Å². The standard InChI is InChI=1S/C23H27N3O4S/c1-30-19-8-10-20(11-9-19)31(28,29)26-14-4-5-18(16-26)23(27)24-13-12-17-15-25-22-7-3-2-6-21(17)22/h2-3,6-11,15,18,25H,4-5,12-14,16H2,1H3,(H,24,27)/t18-/m1/s1. The van der Waals surface area contributed by atoms with Crippen molar-refractivity contribution in [3.05, 3.63) is 60.3 Å². The van der Waals surface area contributed by atoms with Gasteiger partial charge in [0, 0.05) is 36.7 Å². The Labute approximate surface area is 182 Å². The second-order valence-corrected chi connectivity index (χ2v) is 9.72. The minimum atomic E-state index is -3.64. The Balaban J connectivity index is 1.35. The van der Waals surface area contributed by atoms with E-state index < -0.39 is 10.0 Å². The molecule has 1 aliphatic rings. The lowest BCUT2D eigenvalue weighted by atomic mass is 9.99. The fraction of sp³-hybridized carbons (Fsp3) is 0.348. The fourth-order valence-electron chi connectivity index (χ4n) is 4.07. The number of hydrogen-bond donors (Lipinski definition) is 2. The molecule has 0 spiro atoms. The minimum Gasteiger partial charge on any atom is -0.497 e. The molecule has 1 fully saturated rings. The van der Waals surface area contributed by atoms with Crippen molar-refractivity contribution < 1.29 is 17.9 Å². The average Bonchev–Trinajstić information content (AvgIpc) is 3.22. The van der Waals surface area contributed by atoms with Crippen LogP contribution in [-0.4, -0.2) is 50.4 Å². The molecule has 0 radical (unpaired) electrons. The number of rotatable bonds is 7. The zero-order valence-corrected chi connectivity index (χ0v) is 18.3. The summed E-state index contributed by atoms with van der Waals surface area (Å²) in [5.41, 5.74) is 2.23. The van der Waals surface area contributed by atoms with Gasteiger partial charge >= 0.3 is 0 Å².